The van der Waals surface area contributed by atoms with E-state index >= 15 is 0 Å². The highest BCUT2D eigenvalue weighted by molar-refractivity contribution is 7.92. The summed E-state index contributed by atoms with van der Waals surface area (Å²) in [6, 6.07) is 13.6. The number of hydrogen-bond donors (Lipinski definition) is 2. The number of amides is 1. The summed E-state index contributed by atoms with van der Waals surface area (Å²) >= 11 is 0. The Kier molecular flexibility index (Phi) is 4.53. The number of fused-ring (bicyclic) bond motifs is 1. The highest BCUT2D eigenvalue weighted by Crippen LogP contribution is 2.16. The van der Waals surface area contributed by atoms with Crippen molar-refractivity contribution in [1.29, 1.82) is 0 Å². The third-order valence-electron chi connectivity index (χ3n) is 3.14. The van der Waals surface area contributed by atoms with Crippen molar-refractivity contribution in [3.05, 3.63) is 60.5 Å². The van der Waals surface area contributed by atoms with Gasteiger partial charge in [0.1, 0.15) is 5.52 Å². The van der Waals surface area contributed by atoms with Gasteiger partial charge in [-0.3, -0.25) is 9.52 Å². The van der Waals surface area contributed by atoms with Crippen molar-refractivity contribution >= 4 is 44.5 Å². The highest BCUT2D eigenvalue weighted by Gasteiger charge is 2.04. The van der Waals surface area contributed by atoms with E-state index in [9.17, 15) is 13.2 Å². The molecule has 3 aromatic rings. The fraction of sp³-hybridized carbons (Fsp3) is 0.0588. The Morgan fingerprint density at radius 1 is 1.08 bits per heavy atom. The molecule has 128 valence electrons. The Morgan fingerprint density at radius 3 is 2.44 bits per heavy atom. The Balaban J connectivity index is 1.63. The zero-order valence-electron chi connectivity index (χ0n) is 13.3. The number of hydrogen-bond acceptors (Lipinski definition) is 5. The minimum absolute atomic E-state index is 0.337. The quantitative estimate of drug-likeness (QED) is 0.684. The summed E-state index contributed by atoms with van der Waals surface area (Å²) in [4.78, 5) is 16.2. The number of para-hydroxylation sites is 2. The summed E-state index contributed by atoms with van der Waals surface area (Å²) in [5.74, 6) is -0.0184. The maximum absolute atomic E-state index is 11.9. The number of benzene rings is 2. The van der Waals surface area contributed by atoms with Crippen molar-refractivity contribution in [1.82, 2.24) is 4.98 Å². The maximum atomic E-state index is 11.9. The van der Waals surface area contributed by atoms with Gasteiger partial charge in [0.05, 0.1) is 6.26 Å². The number of carbonyl (C=O) groups is 1. The molecule has 25 heavy (non-hydrogen) atoms. The summed E-state index contributed by atoms with van der Waals surface area (Å²) in [5, 5.41) is 2.66. The van der Waals surface area contributed by atoms with Crippen LogP contribution in [0.4, 0.5) is 11.4 Å². The lowest BCUT2D eigenvalue weighted by atomic mass is 10.3. The van der Waals surface area contributed by atoms with E-state index in [2.05, 4.69) is 15.0 Å². The summed E-state index contributed by atoms with van der Waals surface area (Å²) in [7, 11) is -3.33. The SMILES string of the molecule is CS(=O)(=O)Nc1ccc(NC(=O)/C=C/c2nc3ccccc3o2)cc1. The molecular weight excluding hydrogens is 342 g/mol. The molecule has 1 heterocycles. The second kappa shape index (κ2) is 6.78. The highest BCUT2D eigenvalue weighted by atomic mass is 32.2. The first-order valence-corrected chi connectivity index (χ1v) is 9.21. The minimum Gasteiger partial charge on any atom is -0.437 e. The van der Waals surface area contributed by atoms with Crippen LogP contribution in [0.2, 0.25) is 0 Å². The molecule has 0 saturated carbocycles. The van der Waals surface area contributed by atoms with Crippen molar-refractivity contribution in [2.75, 3.05) is 16.3 Å². The van der Waals surface area contributed by atoms with Gasteiger partial charge < -0.3 is 9.73 Å². The summed E-state index contributed by atoms with van der Waals surface area (Å²) in [5.41, 5.74) is 2.32. The standard InChI is InChI=1S/C17H15N3O4S/c1-25(22,23)20-13-8-6-12(7-9-13)18-16(21)10-11-17-19-14-4-2-3-5-15(14)24-17/h2-11,20H,1H3,(H,18,21)/b11-10+. The van der Waals surface area contributed by atoms with Gasteiger partial charge in [-0.05, 0) is 36.4 Å². The predicted molar refractivity (Wildman–Crippen MR) is 96.6 cm³/mol. The number of anilines is 2. The largest absolute Gasteiger partial charge is 0.437 e. The van der Waals surface area contributed by atoms with Gasteiger partial charge in [-0.2, -0.15) is 0 Å². The van der Waals surface area contributed by atoms with Crippen molar-refractivity contribution < 1.29 is 17.6 Å². The Labute approximate surface area is 144 Å². The van der Waals surface area contributed by atoms with E-state index in [1.54, 1.807) is 30.3 Å². The third-order valence-corrected chi connectivity index (χ3v) is 3.75. The van der Waals surface area contributed by atoms with Crippen molar-refractivity contribution in [3.63, 3.8) is 0 Å². The minimum atomic E-state index is -3.33. The van der Waals surface area contributed by atoms with E-state index in [-0.39, 0.29) is 5.91 Å². The molecule has 0 aliphatic carbocycles. The first kappa shape index (κ1) is 16.7. The van der Waals surface area contributed by atoms with Crippen LogP contribution in [0, 0.1) is 0 Å². The zero-order valence-corrected chi connectivity index (χ0v) is 14.1. The van der Waals surface area contributed by atoms with Gasteiger partial charge >= 0.3 is 0 Å². The fourth-order valence-corrected chi connectivity index (χ4v) is 2.69. The smallest absolute Gasteiger partial charge is 0.248 e. The average molecular weight is 357 g/mol. The average Bonchev–Trinajstić information content (AvgIpc) is 2.96. The van der Waals surface area contributed by atoms with Crippen molar-refractivity contribution in [3.8, 4) is 0 Å². The fourth-order valence-electron chi connectivity index (χ4n) is 2.13. The Bertz CT molecular complexity index is 1000. The number of rotatable bonds is 5. The monoisotopic (exact) mass is 357 g/mol. The molecule has 7 nitrogen and oxygen atoms in total. The number of nitrogens with zero attached hydrogens (tertiary/aromatic N) is 1. The van der Waals surface area contributed by atoms with Crippen LogP contribution < -0.4 is 10.0 Å². The molecule has 0 spiro atoms. The molecule has 2 N–H and O–H groups in total. The third kappa shape index (κ3) is 4.67. The van der Waals surface area contributed by atoms with Crippen LogP contribution in [0.15, 0.2) is 59.0 Å². The number of sulfonamides is 1. The topological polar surface area (TPSA) is 101 Å². The van der Waals surface area contributed by atoms with Crippen LogP contribution in [0.5, 0.6) is 0 Å². The van der Waals surface area contributed by atoms with Gasteiger partial charge in [-0.15, -0.1) is 0 Å². The molecular formula is C17H15N3O4S. The molecule has 1 aromatic heterocycles. The molecule has 0 radical (unpaired) electrons. The van der Waals surface area contributed by atoms with Gasteiger partial charge in [0.25, 0.3) is 0 Å². The molecule has 8 heteroatoms. The second-order valence-electron chi connectivity index (χ2n) is 5.29. The van der Waals surface area contributed by atoms with E-state index in [0.29, 0.717) is 22.8 Å². The number of nitrogens with one attached hydrogen (secondary N) is 2. The normalized spacial score (nSPS) is 11.7. The first-order chi connectivity index (χ1) is 11.9. The van der Waals surface area contributed by atoms with Gasteiger partial charge in [0, 0.05) is 23.5 Å². The first-order valence-electron chi connectivity index (χ1n) is 7.31. The van der Waals surface area contributed by atoms with Crippen molar-refractivity contribution in [2.24, 2.45) is 0 Å². The molecule has 3 rings (SSSR count). The lowest BCUT2D eigenvalue weighted by molar-refractivity contribution is -0.111. The Hall–Kier alpha value is -3.13. The molecule has 2 aromatic carbocycles. The molecule has 1 amide bonds. The maximum Gasteiger partial charge on any atom is 0.248 e. The molecule has 0 unspecified atom stereocenters. The second-order valence-corrected chi connectivity index (χ2v) is 7.04. The predicted octanol–water partition coefficient (Wildman–Crippen LogP) is 2.85. The summed E-state index contributed by atoms with van der Waals surface area (Å²) < 4.78 is 30.1. The van der Waals surface area contributed by atoms with Crippen LogP contribution in [0.3, 0.4) is 0 Å². The van der Waals surface area contributed by atoms with Crippen LogP contribution in [-0.2, 0) is 14.8 Å². The summed E-state index contributed by atoms with van der Waals surface area (Å²) in [6.45, 7) is 0. The molecule has 0 saturated heterocycles. The lowest BCUT2D eigenvalue weighted by Gasteiger charge is -2.05. The Morgan fingerprint density at radius 2 is 1.76 bits per heavy atom. The lowest BCUT2D eigenvalue weighted by Crippen LogP contribution is -2.10. The van der Waals surface area contributed by atoms with E-state index in [1.807, 2.05) is 18.2 Å². The van der Waals surface area contributed by atoms with Gasteiger partial charge in [-0.25, -0.2) is 13.4 Å². The summed E-state index contributed by atoms with van der Waals surface area (Å²) in [6.07, 6.45) is 3.86. The van der Waals surface area contributed by atoms with E-state index in [4.69, 9.17) is 4.42 Å². The van der Waals surface area contributed by atoms with Gasteiger partial charge in [0.2, 0.25) is 21.8 Å². The molecule has 0 aliphatic rings. The molecule has 0 bridgehead atoms. The molecule has 0 aliphatic heterocycles. The zero-order chi connectivity index (χ0) is 17.9. The van der Waals surface area contributed by atoms with E-state index < -0.39 is 10.0 Å². The number of oxazole rings is 1. The van der Waals surface area contributed by atoms with Crippen LogP contribution in [-0.4, -0.2) is 25.6 Å². The van der Waals surface area contributed by atoms with E-state index in [0.717, 1.165) is 11.8 Å². The number of aromatic nitrogens is 1. The van der Waals surface area contributed by atoms with Crippen LogP contribution in [0.25, 0.3) is 17.2 Å². The number of carbonyl (C=O) groups excluding carboxylic acids is 1. The van der Waals surface area contributed by atoms with Crippen LogP contribution >= 0.6 is 0 Å². The van der Waals surface area contributed by atoms with Crippen LogP contribution in [0.1, 0.15) is 5.89 Å². The van der Waals surface area contributed by atoms with Crippen molar-refractivity contribution in [2.45, 2.75) is 0 Å². The van der Waals surface area contributed by atoms with E-state index in [1.165, 1.54) is 12.2 Å². The molecule has 0 fully saturated rings. The van der Waals surface area contributed by atoms with Gasteiger partial charge in [-0.1, -0.05) is 12.1 Å². The molecule has 0 atom stereocenters. The van der Waals surface area contributed by atoms with Gasteiger partial charge in [0.15, 0.2) is 5.58 Å².